The van der Waals surface area contributed by atoms with E-state index in [0.29, 0.717) is 12.0 Å². The van der Waals surface area contributed by atoms with Crippen molar-refractivity contribution in [3.05, 3.63) is 41.3 Å². The van der Waals surface area contributed by atoms with Gasteiger partial charge in [-0.3, -0.25) is 9.88 Å². The molecule has 160 valence electrons. The van der Waals surface area contributed by atoms with Crippen LogP contribution in [0.2, 0.25) is 0 Å². The zero-order valence-electron chi connectivity index (χ0n) is 18.1. The molecule has 2 aromatic rings. The van der Waals surface area contributed by atoms with Crippen molar-refractivity contribution in [3.63, 3.8) is 0 Å². The Morgan fingerprint density at radius 2 is 1.93 bits per heavy atom. The fraction of sp³-hybridized carbons (Fsp3) is 0.609. The molecule has 0 aromatic carbocycles. The zero-order chi connectivity index (χ0) is 20.5. The van der Waals surface area contributed by atoms with Gasteiger partial charge in [0.25, 0.3) is 0 Å². The Bertz CT molecular complexity index is 882. The molecular formula is C23H32N6S. The van der Waals surface area contributed by atoms with E-state index in [2.05, 4.69) is 46.2 Å². The van der Waals surface area contributed by atoms with Crippen LogP contribution in [0.15, 0.2) is 29.6 Å². The van der Waals surface area contributed by atoms with E-state index in [-0.39, 0.29) is 0 Å². The fourth-order valence-electron chi connectivity index (χ4n) is 5.18. The van der Waals surface area contributed by atoms with Gasteiger partial charge in [-0.05, 0) is 57.2 Å². The Morgan fingerprint density at radius 3 is 2.77 bits per heavy atom. The van der Waals surface area contributed by atoms with Crippen LogP contribution in [0.5, 0.6) is 0 Å². The Morgan fingerprint density at radius 1 is 1.07 bits per heavy atom. The van der Waals surface area contributed by atoms with E-state index in [9.17, 15) is 0 Å². The van der Waals surface area contributed by atoms with Gasteiger partial charge in [0.2, 0.25) is 0 Å². The van der Waals surface area contributed by atoms with Gasteiger partial charge in [0, 0.05) is 50.9 Å². The van der Waals surface area contributed by atoms with Crippen LogP contribution in [0.4, 0.5) is 5.82 Å². The van der Waals surface area contributed by atoms with Crippen molar-refractivity contribution in [3.8, 4) is 0 Å². The largest absolute Gasteiger partial charge is 0.354 e. The van der Waals surface area contributed by atoms with Crippen molar-refractivity contribution in [1.29, 1.82) is 0 Å². The molecule has 0 N–H and O–H groups in total. The summed E-state index contributed by atoms with van der Waals surface area (Å²) in [5.41, 5.74) is 3.99. The smallest absolute Gasteiger partial charge is 0.189 e. The molecule has 2 fully saturated rings. The molecule has 30 heavy (non-hydrogen) atoms. The minimum Gasteiger partial charge on any atom is -0.354 e. The number of pyridine rings is 1. The lowest BCUT2D eigenvalue weighted by Crippen LogP contribution is -2.45. The SMILES string of the molecule is CSc1nc(C2CCN([C@H]3CCCc4cccnc43)C2)cc(N2CCN(C)CC2)n1. The Labute approximate surface area is 184 Å². The number of aryl methyl sites for hydroxylation is 1. The van der Waals surface area contributed by atoms with Crippen LogP contribution in [0.3, 0.4) is 0 Å². The van der Waals surface area contributed by atoms with E-state index in [4.69, 9.17) is 15.0 Å². The number of fused-ring (bicyclic) bond motifs is 1. The highest BCUT2D eigenvalue weighted by atomic mass is 32.2. The lowest BCUT2D eigenvalue weighted by atomic mass is 9.91. The van der Waals surface area contributed by atoms with Crippen LogP contribution in [-0.4, -0.2) is 77.3 Å². The molecule has 2 aromatic heterocycles. The van der Waals surface area contributed by atoms with Crippen LogP contribution < -0.4 is 4.90 Å². The van der Waals surface area contributed by atoms with Gasteiger partial charge in [-0.25, -0.2) is 9.97 Å². The molecule has 0 saturated carbocycles. The number of anilines is 1. The maximum absolute atomic E-state index is 4.94. The van der Waals surface area contributed by atoms with E-state index in [1.165, 1.54) is 42.6 Å². The summed E-state index contributed by atoms with van der Waals surface area (Å²) in [6.07, 6.45) is 8.88. The molecule has 2 saturated heterocycles. The van der Waals surface area contributed by atoms with Crippen LogP contribution in [-0.2, 0) is 6.42 Å². The van der Waals surface area contributed by atoms with Gasteiger partial charge in [0.15, 0.2) is 5.16 Å². The van der Waals surface area contributed by atoms with Gasteiger partial charge in [0.05, 0.1) is 17.4 Å². The number of hydrogen-bond donors (Lipinski definition) is 0. The molecule has 4 heterocycles. The van der Waals surface area contributed by atoms with Crippen LogP contribution >= 0.6 is 11.8 Å². The van der Waals surface area contributed by atoms with Crippen molar-refractivity contribution < 1.29 is 0 Å². The van der Waals surface area contributed by atoms with Gasteiger partial charge >= 0.3 is 0 Å². The van der Waals surface area contributed by atoms with Crippen LogP contribution in [0, 0.1) is 0 Å². The number of hydrogen-bond acceptors (Lipinski definition) is 7. The average molecular weight is 425 g/mol. The minimum absolute atomic E-state index is 0.471. The Kier molecular flexibility index (Phi) is 5.94. The first-order chi connectivity index (χ1) is 14.7. The molecule has 7 heteroatoms. The maximum Gasteiger partial charge on any atom is 0.189 e. The van der Waals surface area contributed by atoms with Gasteiger partial charge in [-0.1, -0.05) is 17.8 Å². The van der Waals surface area contributed by atoms with Crippen LogP contribution in [0.25, 0.3) is 0 Å². The molecule has 0 amide bonds. The molecule has 6 nitrogen and oxygen atoms in total. The number of nitrogens with zero attached hydrogens (tertiary/aromatic N) is 6. The summed E-state index contributed by atoms with van der Waals surface area (Å²) < 4.78 is 0. The van der Waals surface area contributed by atoms with E-state index in [1.807, 2.05) is 6.20 Å². The summed E-state index contributed by atoms with van der Waals surface area (Å²) in [6, 6.07) is 7.09. The maximum atomic E-state index is 4.94. The van der Waals surface area contributed by atoms with Crippen molar-refractivity contribution >= 4 is 17.6 Å². The second-order valence-electron chi connectivity index (χ2n) is 8.86. The second kappa shape index (κ2) is 8.81. The van der Waals surface area contributed by atoms with Gasteiger partial charge in [0.1, 0.15) is 5.82 Å². The van der Waals surface area contributed by atoms with Gasteiger partial charge in [-0.2, -0.15) is 0 Å². The van der Waals surface area contributed by atoms with Gasteiger partial charge < -0.3 is 9.80 Å². The topological polar surface area (TPSA) is 48.4 Å². The molecule has 1 aliphatic carbocycles. The monoisotopic (exact) mass is 424 g/mol. The molecule has 2 atom stereocenters. The standard InChI is InChI=1S/C23H32N6S/c1-27-11-13-28(14-12-27)21-15-19(25-23(26-21)30-2)18-8-10-29(16-18)20-7-3-5-17-6-4-9-24-22(17)20/h4,6,9,15,18,20H,3,5,7-8,10-14,16H2,1-2H3/t18?,20-/m0/s1. The Balaban J connectivity index is 1.35. The quantitative estimate of drug-likeness (QED) is 0.552. The molecule has 1 unspecified atom stereocenters. The molecule has 2 aliphatic heterocycles. The van der Waals surface area contributed by atoms with E-state index < -0.39 is 0 Å². The molecule has 0 spiro atoms. The van der Waals surface area contributed by atoms with Crippen molar-refractivity contribution in [2.75, 3.05) is 57.5 Å². The molecule has 0 radical (unpaired) electrons. The highest BCUT2D eigenvalue weighted by Crippen LogP contribution is 2.38. The van der Waals surface area contributed by atoms with E-state index in [0.717, 1.165) is 50.2 Å². The lowest BCUT2D eigenvalue weighted by Gasteiger charge is -2.33. The van der Waals surface area contributed by atoms with Crippen molar-refractivity contribution in [1.82, 2.24) is 24.8 Å². The highest BCUT2D eigenvalue weighted by Gasteiger charge is 2.34. The number of aromatic nitrogens is 3. The third kappa shape index (κ3) is 4.07. The highest BCUT2D eigenvalue weighted by molar-refractivity contribution is 7.98. The number of likely N-dealkylation sites (N-methyl/N-ethyl adjacent to an activating group) is 1. The zero-order valence-corrected chi connectivity index (χ0v) is 18.9. The summed E-state index contributed by atoms with van der Waals surface area (Å²) in [6.45, 7) is 6.49. The number of thioether (sulfide) groups is 1. The fourth-order valence-corrected chi connectivity index (χ4v) is 5.56. The summed E-state index contributed by atoms with van der Waals surface area (Å²) in [7, 11) is 2.20. The minimum atomic E-state index is 0.471. The van der Waals surface area contributed by atoms with Crippen LogP contribution in [0.1, 0.15) is 48.2 Å². The number of piperazine rings is 1. The molecule has 0 bridgehead atoms. The predicted octanol–water partition coefficient (Wildman–Crippen LogP) is 3.21. The summed E-state index contributed by atoms with van der Waals surface area (Å²) in [5, 5.41) is 0.907. The first-order valence-electron chi connectivity index (χ1n) is 11.3. The first-order valence-corrected chi connectivity index (χ1v) is 12.5. The molecule has 5 rings (SSSR count). The van der Waals surface area contributed by atoms with E-state index >= 15 is 0 Å². The number of likely N-dealkylation sites (tertiary alicyclic amines) is 1. The Hall–Kier alpha value is -1.70. The molecular weight excluding hydrogens is 392 g/mol. The first kappa shape index (κ1) is 20.2. The third-order valence-electron chi connectivity index (χ3n) is 6.97. The summed E-state index contributed by atoms with van der Waals surface area (Å²) in [4.78, 5) is 22.0. The van der Waals surface area contributed by atoms with Crippen molar-refractivity contribution in [2.24, 2.45) is 0 Å². The lowest BCUT2D eigenvalue weighted by molar-refractivity contribution is 0.213. The average Bonchev–Trinajstić information content (AvgIpc) is 3.29. The van der Waals surface area contributed by atoms with Gasteiger partial charge in [-0.15, -0.1) is 0 Å². The molecule has 3 aliphatic rings. The second-order valence-corrected chi connectivity index (χ2v) is 9.64. The summed E-state index contributed by atoms with van der Waals surface area (Å²) in [5.74, 6) is 1.60. The summed E-state index contributed by atoms with van der Waals surface area (Å²) >= 11 is 1.66. The van der Waals surface area contributed by atoms with Crippen molar-refractivity contribution in [2.45, 2.75) is 42.8 Å². The van der Waals surface area contributed by atoms with E-state index in [1.54, 1.807) is 11.8 Å². The third-order valence-corrected chi connectivity index (χ3v) is 7.51. The number of rotatable bonds is 4. The normalized spacial score (nSPS) is 25.5. The predicted molar refractivity (Wildman–Crippen MR) is 122 cm³/mol.